The Hall–Kier alpha value is -1.92. The van der Waals surface area contributed by atoms with Gasteiger partial charge in [0.2, 0.25) is 5.90 Å². The molecule has 0 bridgehead atoms. The van der Waals surface area contributed by atoms with E-state index in [-0.39, 0.29) is 17.3 Å². The van der Waals surface area contributed by atoms with Crippen LogP contribution in [0.3, 0.4) is 0 Å². The van der Waals surface area contributed by atoms with Crippen LogP contribution in [0.2, 0.25) is 0 Å². The van der Waals surface area contributed by atoms with E-state index in [0.717, 1.165) is 15.6 Å². The third-order valence-electron chi connectivity index (χ3n) is 3.27. The first-order valence-corrected chi connectivity index (χ1v) is 8.30. The van der Waals surface area contributed by atoms with Crippen LogP contribution in [0.1, 0.15) is 16.7 Å². The summed E-state index contributed by atoms with van der Waals surface area (Å²) in [7, 11) is 0. The molecule has 0 amide bonds. The van der Waals surface area contributed by atoms with E-state index in [1.807, 2.05) is 31.2 Å². The highest BCUT2D eigenvalue weighted by Crippen LogP contribution is 2.33. The normalized spacial score (nSPS) is 15.7. The number of phenolic OH excluding ortho intramolecular Hbond substituents is 1. The van der Waals surface area contributed by atoms with Crippen molar-refractivity contribution in [2.24, 2.45) is 4.99 Å². The maximum absolute atomic E-state index is 12.0. The van der Waals surface area contributed by atoms with E-state index < -0.39 is 5.97 Å². The SMILES string of the molecule is Cc1ccc(C2=N/C(=C\c3cc(Br)cc(Br)c3O)C(=O)O2)cc1. The number of ether oxygens (including phenoxy) is 1. The van der Waals surface area contributed by atoms with E-state index in [1.54, 1.807) is 12.1 Å². The first-order valence-electron chi connectivity index (χ1n) is 6.71. The van der Waals surface area contributed by atoms with Gasteiger partial charge < -0.3 is 9.84 Å². The third kappa shape index (κ3) is 3.38. The van der Waals surface area contributed by atoms with Gasteiger partial charge in [0.25, 0.3) is 0 Å². The number of aliphatic imine (C=N–C) groups is 1. The molecule has 1 aliphatic heterocycles. The van der Waals surface area contributed by atoms with Crippen molar-refractivity contribution in [3.8, 4) is 5.75 Å². The van der Waals surface area contributed by atoms with E-state index in [4.69, 9.17) is 4.74 Å². The van der Waals surface area contributed by atoms with Crippen molar-refractivity contribution in [2.75, 3.05) is 0 Å². The second kappa shape index (κ2) is 6.29. The number of cyclic esters (lactones) is 1. The molecule has 0 unspecified atom stereocenters. The molecule has 23 heavy (non-hydrogen) atoms. The summed E-state index contributed by atoms with van der Waals surface area (Å²) in [4.78, 5) is 16.2. The van der Waals surface area contributed by atoms with E-state index >= 15 is 0 Å². The molecule has 0 aromatic heterocycles. The van der Waals surface area contributed by atoms with Crippen LogP contribution >= 0.6 is 31.9 Å². The highest BCUT2D eigenvalue weighted by Gasteiger charge is 2.24. The second-order valence-corrected chi connectivity index (χ2v) is 6.80. The van der Waals surface area contributed by atoms with Crippen LogP contribution in [0.4, 0.5) is 0 Å². The zero-order valence-corrected chi connectivity index (χ0v) is 15.2. The maximum Gasteiger partial charge on any atom is 0.363 e. The molecule has 4 nitrogen and oxygen atoms in total. The van der Waals surface area contributed by atoms with Gasteiger partial charge in [0.05, 0.1) is 4.47 Å². The molecule has 0 saturated heterocycles. The number of aryl methyl sites for hydroxylation is 1. The van der Waals surface area contributed by atoms with Crippen LogP contribution in [0.25, 0.3) is 6.08 Å². The first kappa shape index (κ1) is 16.0. The van der Waals surface area contributed by atoms with Crippen molar-refractivity contribution in [1.82, 2.24) is 0 Å². The minimum atomic E-state index is -0.545. The molecule has 0 saturated carbocycles. The van der Waals surface area contributed by atoms with Crippen LogP contribution in [-0.4, -0.2) is 17.0 Å². The van der Waals surface area contributed by atoms with Crippen LogP contribution in [0.5, 0.6) is 5.75 Å². The molecule has 0 aliphatic carbocycles. The summed E-state index contributed by atoms with van der Waals surface area (Å²) in [6.45, 7) is 1.98. The van der Waals surface area contributed by atoms with Gasteiger partial charge in [-0.1, -0.05) is 33.6 Å². The summed E-state index contributed by atoms with van der Waals surface area (Å²) >= 11 is 6.60. The Labute approximate surface area is 149 Å². The molecule has 0 radical (unpaired) electrons. The average Bonchev–Trinajstić information content (AvgIpc) is 2.86. The number of carbonyl (C=O) groups is 1. The Balaban J connectivity index is 2.00. The minimum Gasteiger partial charge on any atom is -0.506 e. The lowest BCUT2D eigenvalue weighted by Gasteiger charge is -2.03. The van der Waals surface area contributed by atoms with Crippen molar-refractivity contribution < 1.29 is 14.6 Å². The van der Waals surface area contributed by atoms with Gasteiger partial charge in [0, 0.05) is 15.6 Å². The number of aromatic hydroxyl groups is 1. The number of benzene rings is 2. The Kier molecular flexibility index (Phi) is 4.37. The van der Waals surface area contributed by atoms with Gasteiger partial charge in [0.1, 0.15) is 5.75 Å². The fourth-order valence-corrected chi connectivity index (χ4v) is 3.33. The molecule has 0 fully saturated rings. The first-order chi connectivity index (χ1) is 10.9. The standard InChI is InChI=1S/C17H11Br2NO3/c1-9-2-4-10(5-3-9)16-20-14(17(22)23-16)7-11-6-12(18)8-13(19)15(11)21/h2-8,21H,1H3/b14-7-. The number of esters is 1. The molecule has 3 rings (SSSR count). The summed E-state index contributed by atoms with van der Waals surface area (Å²) < 4.78 is 6.50. The molecule has 0 spiro atoms. The monoisotopic (exact) mass is 435 g/mol. The number of hydrogen-bond acceptors (Lipinski definition) is 4. The van der Waals surface area contributed by atoms with Gasteiger partial charge in [0.15, 0.2) is 5.70 Å². The number of nitrogens with zero attached hydrogens (tertiary/aromatic N) is 1. The number of carbonyl (C=O) groups excluding carboxylic acids is 1. The van der Waals surface area contributed by atoms with Crippen molar-refractivity contribution in [1.29, 1.82) is 0 Å². The average molecular weight is 437 g/mol. The van der Waals surface area contributed by atoms with Gasteiger partial charge in [-0.05, 0) is 53.2 Å². The van der Waals surface area contributed by atoms with Crippen LogP contribution in [-0.2, 0) is 9.53 Å². The Bertz CT molecular complexity index is 855. The van der Waals surface area contributed by atoms with Gasteiger partial charge in [-0.3, -0.25) is 0 Å². The van der Waals surface area contributed by atoms with Crippen LogP contribution in [0.15, 0.2) is 56.0 Å². The van der Waals surface area contributed by atoms with E-state index in [1.165, 1.54) is 6.08 Å². The van der Waals surface area contributed by atoms with Crippen molar-refractivity contribution in [3.63, 3.8) is 0 Å². The summed E-state index contributed by atoms with van der Waals surface area (Å²) in [5, 5.41) is 10.1. The smallest absolute Gasteiger partial charge is 0.363 e. The molecule has 2 aromatic rings. The fourth-order valence-electron chi connectivity index (χ4n) is 2.07. The van der Waals surface area contributed by atoms with Gasteiger partial charge >= 0.3 is 5.97 Å². The molecule has 116 valence electrons. The summed E-state index contributed by atoms with van der Waals surface area (Å²) in [5.41, 5.74) is 2.44. The molecule has 1 aliphatic rings. The predicted molar refractivity (Wildman–Crippen MR) is 95.3 cm³/mol. The lowest BCUT2D eigenvalue weighted by atomic mass is 10.1. The lowest BCUT2D eigenvalue weighted by molar-refractivity contribution is -0.129. The lowest BCUT2D eigenvalue weighted by Crippen LogP contribution is -2.05. The number of hydrogen-bond donors (Lipinski definition) is 1. The van der Waals surface area contributed by atoms with E-state index in [0.29, 0.717) is 10.0 Å². The largest absolute Gasteiger partial charge is 0.506 e. The number of rotatable bonds is 2. The van der Waals surface area contributed by atoms with Crippen LogP contribution < -0.4 is 0 Å². The molecule has 0 atom stereocenters. The Morgan fingerprint density at radius 3 is 2.57 bits per heavy atom. The van der Waals surface area contributed by atoms with Gasteiger partial charge in [-0.15, -0.1) is 0 Å². The molecule has 2 aromatic carbocycles. The second-order valence-electron chi connectivity index (χ2n) is 5.03. The molecule has 1 N–H and O–H groups in total. The Morgan fingerprint density at radius 1 is 1.17 bits per heavy atom. The van der Waals surface area contributed by atoms with Crippen molar-refractivity contribution in [3.05, 3.63) is 67.7 Å². The fraction of sp³-hybridized carbons (Fsp3) is 0.0588. The zero-order chi connectivity index (χ0) is 16.6. The maximum atomic E-state index is 12.0. The topological polar surface area (TPSA) is 58.9 Å². The molecule has 6 heteroatoms. The number of halogens is 2. The number of phenols is 1. The van der Waals surface area contributed by atoms with Crippen molar-refractivity contribution >= 4 is 49.8 Å². The highest BCUT2D eigenvalue weighted by molar-refractivity contribution is 9.11. The summed E-state index contributed by atoms with van der Waals surface area (Å²) in [6.07, 6.45) is 1.49. The van der Waals surface area contributed by atoms with Crippen LogP contribution in [0, 0.1) is 6.92 Å². The third-order valence-corrected chi connectivity index (χ3v) is 4.33. The molecular weight excluding hydrogens is 426 g/mol. The van der Waals surface area contributed by atoms with E-state index in [2.05, 4.69) is 36.9 Å². The summed E-state index contributed by atoms with van der Waals surface area (Å²) in [5.74, 6) is -0.252. The Morgan fingerprint density at radius 2 is 1.87 bits per heavy atom. The molecule has 1 heterocycles. The predicted octanol–water partition coefficient (Wildman–Crippen LogP) is 4.57. The summed E-state index contributed by atoms with van der Waals surface area (Å²) in [6, 6.07) is 10.9. The van der Waals surface area contributed by atoms with Gasteiger partial charge in [-0.2, -0.15) is 0 Å². The zero-order valence-electron chi connectivity index (χ0n) is 12.0. The van der Waals surface area contributed by atoms with Crippen molar-refractivity contribution in [2.45, 2.75) is 6.92 Å². The molecular formula is C17H11Br2NO3. The quantitative estimate of drug-likeness (QED) is 0.554. The van der Waals surface area contributed by atoms with E-state index in [9.17, 15) is 9.90 Å². The minimum absolute atomic E-state index is 0.0347. The highest BCUT2D eigenvalue weighted by atomic mass is 79.9. The van der Waals surface area contributed by atoms with Gasteiger partial charge in [-0.25, -0.2) is 9.79 Å².